The smallest absolute Gasteiger partial charge is 0.308 e. The topological polar surface area (TPSA) is 87.6 Å². The van der Waals surface area contributed by atoms with Gasteiger partial charge < -0.3 is 20.9 Å². The Hall–Kier alpha value is -1.59. The van der Waals surface area contributed by atoms with Crippen molar-refractivity contribution in [1.29, 1.82) is 0 Å². The third-order valence-corrected chi connectivity index (χ3v) is 2.12. The summed E-state index contributed by atoms with van der Waals surface area (Å²) in [5.74, 6) is 0.441. The zero-order chi connectivity index (χ0) is 12.1. The molecule has 88 valence electrons. The number of methoxy groups -OCH3 is 1. The van der Waals surface area contributed by atoms with E-state index in [1.165, 1.54) is 14.0 Å². The van der Waals surface area contributed by atoms with Crippen molar-refractivity contribution in [3.05, 3.63) is 23.8 Å². The van der Waals surface area contributed by atoms with Crippen LogP contribution in [0.5, 0.6) is 11.5 Å². The highest BCUT2D eigenvalue weighted by atomic mass is 16.6. The number of esters is 1. The van der Waals surface area contributed by atoms with Crippen LogP contribution in [0.25, 0.3) is 0 Å². The standard InChI is InChI=1S/C11H16N2O3/c1-7(14)16-11-5-8(9(13)6-12)3-4-10(11)15-2/h3-5,9H,6,12-13H2,1-2H3/t9-/m0/s1. The molecule has 1 aromatic rings. The Morgan fingerprint density at radius 1 is 1.44 bits per heavy atom. The first kappa shape index (κ1) is 12.5. The summed E-state index contributed by atoms with van der Waals surface area (Å²) in [5, 5.41) is 0. The molecule has 4 N–H and O–H groups in total. The Kier molecular flexibility index (Phi) is 4.28. The Balaban J connectivity index is 3.05. The lowest BCUT2D eigenvalue weighted by Gasteiger charge is -2.13. The highest BCUT2D eigenvalue weighted by molar-refractivity contribution is 5.70. The molecule has 0 heterocycles. The number of rotatable bonds is 4. The lowest BCUT2D eigenvalue weighted by atomic mass is 10.1. The van der Waals surface area contributed by atoms with E-state index in [0.717, 1.165) is 5.56 Å². The monoisotopic (exact) mass is 224 g/mol. The molecule has 0 aliphatic rings. The average molecular weight is 224 g/mol. The lowest BCUT2D eigenvalue weighted by molar-refractivity contribution is -0.132. The minimum absolute atomic E-state index is 0.278. The zero-order valence-electron chi connectivity index (χ0n) is 9.40. The number of ether oxygens (including phenoxy) is 2. The summed E-state index contributed by atoms with van der Waals surface area (Å²) in [7, 11) is 1.50. The summed E-state index contributed by atoms with van der Waals surface area (Å²) in [6, 6.07) is 4.88. The van der Waals surface area contributed by atoms with Crippen LogP contribution in [0, 0.1) is 0 Å². The minimum Gasteiger partial charge on any atom is -0.493 e. The number of hydrogen-bond acceptors (Lipinski definition) is 5. The summed E-state index contributed by atoms with van der Waals surface area (Å²) < 4.78 is 10.1. The second kappa shape index (κ2) is 5.48. The van der Waals surface area contributed by atoms with Crippen LogP contribution in [0.4, 0.5) is 0 Å². The van der Waals surface area contributed by atoms with E-state index >= 15 is 0 Å². The molecule has 1 aromatic carbocycles. The van der Waals surface area contributed by atoms with Crippen molar-refractivity contribution >= 4 is 5.97 Å². The van der Waals surface area contributed by atoms with E-state index < -0.39 is 5.97 Å². The molecule has 5 heteroatoms. The summed E-state index contributed by atoms with van der Waals surface area (Å²) in [6.07, 6.45) is 0. The van der Waals surface area contributed by atoms with Crippen molar-refractivity contribution in [2.45, 2.75) is 13.0 Å². The molecule has 0 radical (unpaired) electrons. The fourth-order valence-corrected chi connectivity index (χ4v) is 1.29. The second-order valence-corrected chi connectivity index (χ2v) is 3.35. The zero-order valence-corrected chi connectivity index (χ0v) is 9.40. The first-order chi connectivity index (χ1) is 7.58. The molecule has 16 heavy (non-hydrogen) atoms. The Bertz CT molecular complexity index is 379. The lowest BCUT2D eigenvalue weighted by Crippen LogP contribution is -2.20. The van der Waals surface area contributed by atoms with E-state index in [2.05, 4.69) is 0 Å². The molecule has 0 unspecified atom stereocenters. The maximum Gasteiger partial charge on any atom is 0.308 e. The van der Waals surface area contributed by atoms with Crippen LogP contribution in [0.15, 0.2) is 18.2 Å². The van der Waals surface area contributed by atoms with E-state index in [9.17, 15) is 4.79 Å². The van der Waals surface area contributed by atoms with Gasteiger partial charge in [-0.1, -0.05) is 6.07 Å². The van der Waals surface area contributed by atoms with Crippen LogP contribution < -0.4 is 20.9 Å². The SMILES string of the molecule is COc1ccc([C@@H](N)CN)cc1OC(C)=O. The van der Waals surface area contributed by atoms with Crippen molar-refractivity contribution in [2.24, 2.45) is 11.5 Å². The molecule has 1 rings (SSSR count). The van der Waals surface area contributed by atoms with Crippen LogP contribution >= 0.6 is 0 Å². The second-order valence-electron chi connectivity index (χ2n) is 3.35. The van der Waals surface area contributed by atoms with E-state index in [1.54, 1.807) is 18.2 Å². The largest absolute Gasteiger partial charge is 0.493 e. The third kappa shape index (κ3) is 2.95. The number of nitrogens with two attached hydrogens (primary N) is 2. The van der Waals surface area contributed by atoms with Gasteiger partial charge in [-0.3, -0.25) is 4.79 Å². The quantitative estimate of drug-likeness (QED) is 0.577. The molecular formula is C11H16N2O3. The Morgan fingerprint density at radius 3 is 2.62 bits per heavy atom. The van der Waals surface area contributed by atoms with Crippen LogP contribution in [-0.2, 0) is 4.79 Å². The van der Waals surface area contributed by atoms with Gasteiger partial charge in [-0.15, -0.1) is 0 Å². The van der Waals surface area contributed by atoms with Crippen molar-refractivity contribution < 1.29 is 14.3 Å². The van der Waals surface area contributed by atoms with E-state index in [4.69, 9.17) is 20.9 Å². The molecule has 0 saturated carbocycles. The normalized spacial score (nSPS) is 12.0. The molecule has 0 aliphatic carbocycles. The Labute approximate surface area is 94.3 Å². The van der Waals surface area contributed by atoms with Gasteiger partial charge in [-0.25, -0.2) is 0 Å². The van der Waals surface area contributed by atoms with E-state index in [-0.39, 0.29) is 6.04 Å². The molecule has 0 saturated heterocycles. The summed E-state index contributed by atoms with van der Waals surface area (Å²) in [6.45, 7) is 1.65. The Morgan fingerprint density at radius 2 is 2.12 bits per heavy atom. The van der Waals surface area contributed by atoms with Gasteiger partial charge in [0.1, 0.15) is 0 Å². The fraction of sp³-hybridized carbons (Fsp3) is 0.364. The van der Waals surface area contributed by atoms with Crippen molar-refractivity contribution in [3.63, 3.8) is 0 Å². The first-order valence-electron chi connectivity index (χ1n) is 4.90. The van der Waals surface area contributed by atoms with Crippen molar-refractivity contribution in [1.82, 2.24) is 0 Å². The van der Waals surface area contributed by atoms with Gasteiger partial charge >= 0.3 is 5.97 Å². The summed E-state index contributed by atoms with van der Waals surface area (Å²) in [5.41, 5.74) is 12.0. The molecule has 0 aromatic heterocycles. The van der Waals surface area contributed by atoms with Gasteiger partial charge in [0.2, 0.25) is 0 Å². The fourth-order valence-electron chi connectivity index (χ4n) is 1.29. The predicted octanol–water partition coefficient (Wildman–Crippen LogP) is 0.579. The molecule has 5 nitrogen and oxygen atoms in total. The number of hydrogen-bond donors (Lipinski definition) is 2. The average Bonchev–Trinajstić information content (AvgIpc) is 2.27. The van der Waals surface area contributed by atoms with Crippen LogP contribution in [-0.4, -0.2) is 19.6 Å². The molecule has 0 amide bonds. The maximum atomic E-state index is 10.9. The molecule has 1 atom stereocenters. The minimum atomic E-state index is -0.406. The first-order valence-corrected chi connectivity index (χ1v) is 4.90. The predicted molar refractivity (Wildman–Crippen MR) is 60.3 cm³/mol. The van der Waals surface area contributed by atoms with E-state index in [0.29, 0.717) is 18.0 Å². The maximum absolute atomic E-state index is 10.9. The van der Waals surface area contributed by atoms with Gasteiger partial charge in [0.25, 0.3) is 0 Å². The number of carbonyl (C=O) groups excluding carboxylic acids is 1. The highest BCUT2D eigenvalue weighted by Crippen LogP contribution is 2.29. The van der Waals surface area contributed by atoms with Gasteiger partial charge in [-0.05, 0) is 17.7 Å². The van der Waals surface area contributed by atoms with Crippen molar-refractivity contribution in [2.75, 3.05) is 13.7 Å². The van der Waals surface area contributed by atoms with Gasteiger partial charge in [0, 0.05) is 19.5 Å². The highest BCUT2D eigenvalue weighted by Gasteiger charge is 2.11. The molecular weight excluding hydrogens is 208 g/mol. The number of benzene rings is 1. The molecule has 0 spiro atoms. The summed E-state index contributed by atoms with van der Waals surface area (Å²) >= 11 is 0. The van der Waals surface area contributed by atoms with Gasteiger partial charge in [0.05, 0.1) is 7.11 Å². The van der Waals surface area contributed by atoms with Gasteiger partial charge in [0.15, 0.2) is 11.5 Å². The van der Waals surface area contributed by atoms with E-state index in [1.807, 2.05) is 0 Å². The van der Waals surface area contributed by atoms with Gasteiger partial charge in [-0.2, -0.15) is 0 Å². The molecule has 0 bridgehead atoms. The van der Waals surface area contributed by atoms with Crippen LogP contribution in [0.3, 0.4) is 0 Å². The summed E-state index contributed by atoms with van der Waals surface area (Å²) in [4.78, 5) is 10.9. The van der Waals surface area contributed by atoms with Crippen molar-refractivity contribution in [3.8, 4) is 11.5 Å². The third-order valence-electron chi connectivity index (χ3n) is 2.12. The number of carbonyl (C=O) groups is 1. The molecule has 0 fully saturated rings. The van der Waals surface area contributed by atoms with Crippen LogP contribution in [0.1, 0.15) is 18.5 Å². The van der Waals surface area contributed by atoms with Crippen LogP contribution in [0.2, 0.25) is 0 Å². The molecule has 0 aliphatic heterocycles.